The molecule has 1 heterocycles. The van der Waals surface area contributed by atoms with Crippen LogP contribution in [-0.4, -0.2) is 16.1 Å². The van der Waals surface area contributed by atoms with E-state index < -0.39 is 11.4 Å². The van der Waals surface area contributed by atoms with Gasteiger partial charge >= 0.3 is 5.97 Å². The molecule has 1 rings (SSSR count). The van der Waals surface area contributed by atoms with Crippen molar-refractivity contribution in [2.24, 2.45) is 5.92 Å². The first-order valence-electron chi connectivity index (χ1n) is 5.02. The van der Waals surface area contributed by atoms with Crippen LogP contribution in [0.15, 0.2) is 5.38 Å². The van der Waals surface area contributed by atoms with Gasteiger partial charge in [0.1, 0.15) is 5.41 Å². The Bertz CT molecular complexity index is 355. The average Bonchev–Trinajstić information content (AvgIpc) is 2.51. The van der Waals surface area contributed by atoms with Gasteiger partial charge in [0, 0.05) is 11.8 Å². The maximum Gasteiger partial charge on any atom is 0.315 e. The summed E-state index contributed by atoms with van der Waals surface area (Å²) in [6.07, 6.45) is 0.917. The second-order valence-corrected chi connectivity index (χ2v) is 5.60. The summed E-state index contributed by atoms with van der Waals surface area (Å²) in [7, 11) is 0. The van der Waals surface area contributed by atoms with E-state index in [1.165, 1.54) is 0 Å². The van der Waals surface area contributed by atoms with Crippen molar-refractivity contribution in [2.75, 3.05) is 0 Å². The molecule has 4 heteroatoms. The third kappa shape index (κ3) is 2.78. The zero-order valence-electron chi connectivity index (χ0n) is 9.57. The summed E-state index contributed by atoms with van der Waals surface area (Å²) in [4.78, 5) is 15.4. The van der Waals surface area contributed by atoms with Crippen molar-refractivity contribution in [3.8, 4) is 0 Å². The summed E-state index contributed by atoms with van der Waals surface area (Å²) in [5.41, 5.74) is -0.221. The number of nitrogens with zero attached hydrogens (tertiary/aromatic N) is 1. The zero-order valence-corrected chi connectivity index (χ0v) is 10.4. The lowest BCUT2D eigenvalue weighted by Gasteiger charge is -2.15. The Balaban J connectivity index is 2.89. The van der Waals surface area contributed by atoms with Gasteiger partial charge < -0.3 is 5.11 Å². The van der Waals surface area contributed by atoms with E-state index in [4.69, 9.17) is 5.11 Å². The van der Waals surface area contributed by atoms with Crippen LogP contribution in [0.4, 0.5) is 0 Å². The molecule has 0 saturated carbocycles. The number of carboxylic acid groups (broad SMARTS) is 1. The molecule has 0 amide bonds. The van der Waals surface area contributed by atoms with Crippen molar-refractivity contribution in [3.05, 3.63) is 16.1 Å². The fourth-order valence-electron chi connectivity index (χ4n) is 1.15. The van der Waals surface area contributed by atoms with Crippen LogP contribution in [0, 0.1) is 5.92 Å². The molecule has 0 aromatic carbocycles. The van der Waals surface area contributed by atoms with Crippen molar-refractivity contribution in [1.82, 2.24) is 4.98 Å². The number of thiazole rings is 1. The molecule has 0 aliphatic heterocycles. The number of aliphatic carboxylic acids is 1. The highest BCUT2D eigenvalue weighted by molar-refractivity contribution is 7.09. The molecule has 1 aromatic heterocycles. The Hall–Kier alpha value is -0.900. The predicted octanol–water partition coefficient (Wildman–Crippen LogP) is 2.70. The monoisotopic (exact) mass is 227 g/mol. The normalized spacial score (nSPS) is 12.1. The van der Waals surface area contributed by atoms with Crippen LogP contribution in [0.2, 0.25) is 0 Å². The lowest BCUT2D eigenvalue weighted by atomic mass is 9.90. The van der Waals surface area contributed by atoms with Gasteiger partial charge in [0.2, 0.25) is 0 Å². The van der Waals surface area contributed by atoms with Gasteiger partial charge in [-0.1, -0.05) is 13.8 Å². The Morgan fingerprint density at radius 3 is 2.67 bits per heavy atom. The van der Waals surface area contributed by atoms with E-state index in [9.17, 15) is 4.79 Å². The number of hydrogen-bond acceptors (Lipinski definition) is 3. The first-order chi connectivity index (χ1) is 6.84. The molecule has 0 aliphatic rings. The van der Waals surface area contributed by atoms with Crippen LogP contribution in [0.3, 0.4) is 0 Å². The van der Waals surface area contributed by atoms with Crippen molar-refractivity contribution in [2.45, 2.75) is 39.5 Å². The summed E-state index contributed by atoms with van der Waals surface area (Å²) in [5.74, 6) is -0.277. The highest BCUT2D eigenvalue weighted by Gasteiger charge is 2.31. The first kappa shape index (κ1) is 12.2. The molecule has 1 aromatic rings. The van der Waals surface area contributed by atoms with E-state index in [2.05, 4.69) is 18.8 Å². The van der Waals surface area contributed by atoms with E-state index in [-0.39, 0.29) is 0 Å². The molecule has 0 saturated heterocycles. The van der Waals surface area contributed by atoms with Crippen molar-refractivity contribution in [1.29, 1.82) is 0 Å². The molecule has 0 spiro atoms. The van der Waals surface area contributed by atoms with Gasteiger partial charge in [0.25, 0.3) is 0 Å². The van der Waals surface area contributed by atoms with Gasteiger partial charge in [0.15, 0.2) is 0 Å². The molecule has 15 heavy (non-hydrogen) atoms. The Labute approximate surface area is 94.2 Å². The standard InChI is InChI=1S/C11H17NO2S/c1-7(2)5-9-12-8(6-15-9)11(3,4)10(13)14/h6-7H,5H2,1-4H3,(H,13,14). The van der Waals surface area contributed by atoms with Gasteiger partial charge in [-0.3, -0.25) is 4.79 Å². The number of hydrogen-bond donors (Lipinski definition) is 1. The Morgan fingerprint density at radius 2 is 2.20 bits per heavy atom. The fraction of sp³-hybridized carbons (Fsp3) is 0.636. The minimum atomic E-state index is -0.883. The predicted molar refractivity (Wildman–Crippen MR) is 61.3 cm³/mol. The van der Waals surface area contributed by atoms with Crippen molar-refractivity contribution in [3.63, 3.8) is 0 Å². The summed E-state index contributed by atoms with van der Waals surface area (Å²) in [5, 5.41) is 11.9. The average molecular weight is 227 g/mol. The molecule has 0 atom stereocenters. The van der Waals surface area contributed by atoms with Crippen LogP contribution >= 0.6 is 11.3 Å². The molecule has 0 unspecified atom stereocenters. The smallest absolute Gasteiger partial charge is 0.315 e. The van der Waals surface area contributed by atoms with Crippen LogP contribution in [0.1, 0.15) is 38.4 Å². The quantitative estimate of drug-likeness (QED) is 0.860. The summed E-state index contributed by atoms with van der Waals surface area (Å²) in [6, 6.07) is 0. The van der Waals surface area contributed by atoms with Gasteiger partial charge in [-0.25, -0.2) is 4.98 Å². The largest absolute Gasteiger partial charge is 0.481 e. The highest BCUT2D eigenvalue weighted by Crippen LogP contribution is 2.26. The maximum atomic E-state index is 11.0. The lowest BCUT2D eigenvalue weighted by molar-refractivity contribution is -0.142. The first-order valence-corrected chi connectivity index (χ1v) is 5.90. The van der Waals surface area contributed by atoms with Gasteiger partial charge in [0.05, 0.1) is 10.7 Å². The number of aromatic nitrogens is 1. The molecule has 0 aliphatic carbocycles. The topological polar surface area (TPSA) is 50.2 Å². The third-order valence-electron chi connectivity index (χ3n) is 2.31. The van der Waals surface area contributed by atoms with Crippen LogP contribution in [0.25, 0.3) is 0 Å². The van der Waals surface area contributed by atoms with E-state index in [0.717, 1.165) is 11.4 Å². The molecule has 1 N–H and O–H groups in total. The van der Waals surface area contributed by atoms with E-state index >= 15 is 0 Å². The number of carbonyl (C=O) groups is 1. The minimum absolute atomic E-state index is 0.553. The second-order valence-electron chi connectivity index (χ2n) is 4.65. The highest BCUT2D eigenvalue weighted by atomic mass is 32.1. The molecule has 0 fully saturated rings. The third-order valence-corrected chi connectivity index (χ3v) is 3.18. The molecular weight excluding hydrogens is 210 g/mol. The molecule has 0 radical (unpaired) electrons. The van der Waals surface area contributed by atoms with Crippen molar-refractivity contribution >= 4 is 17.3 Å². The fourth-order valence-corrected chi connectivity index (χ4v) is 2.33. The minimum Gasteiger partial charge on any atom is -0.481 e. The van der Waals surface area contributed by atoms with Crippen molar-refractivity contribution < 1.29 is 9.90 Å². The Morgan fingerprint density at radius 1 is 1.60 bits per heavy atom. The molecule has 84 valence electrons. The van der Waals surface area contributed by atoms with Gasteiger partial charge in [-0.15, -0.1) is 11.3 Å². The maximum absolute atomic E-state index is 11.0. The van der Waals surface area contributed by atoms with Crippen LogP contribution in [-0.2, 0) is 16.6 Å². The zero-order chi connectivity index (χ0) is 11.6. The summed E-state index contributed by atoms with van der Waals surface area (Å²) in [6.45, 7) is 7.62. The molecule has 0 bridgehead atoms. The van der Waals surface area contributed by atoms with E-state index in [1.807, 2.05) is 5.38 Å². The summed E-state index contributed by atoms with van der Waals surface area (Å²) >= 11 is 1.55. The molecule has 3 nitrogen and oxygen atoms in total. The van der Waals surface area contributed by atoms with Crippen LogP contribution < -0.4 is 0 Å². The second kappa shape index (κ2) is 4.31. The Kier molecular flexibility index (Phi) is 3.50. The number of carboxylic acids is 1. The van der Waals surface area contributed by atoms with Gasteiger partial charge in [-0.05, 0) is 19.8 Å². The number of rotatable bonds is 4. The molecular formula is C11H17NO2S. The summed E-state index contributed by atoms with van der Waals surface area (Å²) < 4.78 is 0. The van der Waals surface area contributed by atoms with E-state index in [1.54, 1.807) is 25.2 Å². The van der Waals surface area contributed by atoms with E-state index in [0.29, 0.717) is 11.6 Å². The SMILES string of the molecule is CC(C)Cc1nc(C(C)(C)C(=O)O)cs1. The van der Waals surface area contributed by atoms with Crippen LogP contribution in [0.5, 0.6) is 0 Å². The van der Waals surface area contributed by atoms with Gasteiger partial charge in [-0.2, -0.15) is 0 Å². The lowest BCUT2D eigenvalue weighted by Crippen LogP contribution is -2.28.